The van der Waals surface area contributed by atoms with Gasteiger partial charge >= 0.3 is 5.97 Å². The molecule has 0 saturated carbocycles. The van der Waals surface area contributed by atoms with Gasteiger partial charge in [0.05, 0.1) is 16.1 Å². The van der Waals surface area contributed by atoms with Crippen LogP contribution in [-0.4, -0.2) is 32.6 Å². The van der Waals surface area contributed by atoms with Gasteiger partial charge in [-0.15, -0.1) is 0 Å². The van der Waals surface area contributed by atoms with Crippen LogP contribution >= 0.6 is 0 Å². The monoisotopic (exact) mass is 416 g/mol. The number of piperidine rings is 1. The van der Waals surface area contributed by atoms with Crippen LogP contribution in [0.5, 0.6) is 0 Å². The zero-order chi connectivity index (χ0) is 21.0. The first-order chi connectivity index (χ1) is 13.8. The van der Waals surface area contributed by atoms with Crippen molar-refractivity contribution < 1.29 is 18.3 Å². The molecule has 1 aliphatic rings. The topological polar surface area (TPSA) is 86.7 Å². The third-order valence-electron chi connectivity index (χ3n) is 5.27. The molecule has 0 aliphatic carbocycles. The van der Waals surface area contributed by atoms with Crippen molar-refractivity contribution in [1.29, 1.82) is 0 Å². The summed E-state index contributed by atoms with van der Waals surface area (Å²) < 4.78 is 28.0. The molecule has 1 heterocycles. The first-order valence-electron chi connectivity index (χ1n) is 10.0. The van der Waals surface area contributed by atoms with Gasteiger partial charge in [-0.1, -0.05) is 32.4 Å². The molecule has 7 heteroatoms. The quantitative estimate of drug-likeness (QED) is 0.700. The van der Waals surface area contributed by atoms with E-state index in [0.29, 0.717) is 5.92 Å². The SMILES string of the molecule is CCCc1ccc(S(=O)(=O)Nc2ccc(N3CCCC(C)C3)cc2C(=O)O)cc1. The number of carboxylic acid groups (broad SMARTS) is 1. The Hall–Kier alpha value is -2.54. The number of rotatable bonds is 7. The Balaban J connectivity index is 1.86. The third-order valence-corrected chi connectivity index (χ3v) is 6.65. The lowest BCUT2D eigenvalue weighted by molar-refractivity contribution is 0.0698. The summed E-state index contributed by atoms with van der Waals surface area (Å²) in [6, 6.07) is 11.6. The molecule has 1 saturated heterocycles. The number of carbonyl (C=O) groups is 1. The fraction of sp³-hybridized carbons (Fsp3) is 0.409. The average molecular weight is 417 g/mol. The van der Waals surface area contributed by atoms with E-state index in [4.69, 9.17) is 0 Å². The number of aromatic carboxylic acids is 1. The van der Waals surface area contributed by atoms with Crippen LogP contribution in [-0.2, 0) is 16.4 Å². The predicted molar refractivity (Wildman–Crippen MR) is 115 cm³/mol. The first kappa shape index (κ1) is 21.2. The largest absolute Gasteiger partial charge is 0.478 e. The minimum Gasteiger partial charge on any atom is -0.478 e. The second kappa shape index (κ2) is 8.86. The van der Waals surface area contributed by atoms with Gasteiger partial charge in [-0.3, -0.25) is 4.72 Å². The molecule has 1 fully saturated rings. The molecular weight excluding hydrogens is 388 g/mol. The fourth-order valence-electron chi connectivity index (χ4n) is 3.75. The maximum atomic E-state index is 12.8. The van der Waals surface area contributed by atoms with E-state index in [0.717, 1.165) is 50.0 Å². The maximum absolute atomic E-state index is 12.8. The Kier molecular flexibility index (Phi) is 6.47. The summed E-state index contributed by atoms with van der Waals surface area (Å²) in [6.07, 6.45) is 4.09. The lowest BCUT2D eigenvalue weighted by atomic mass is 9.99. The van der Waals surface area contributed by atoms with Crippen LogP contribution in [0.15, 0.2) is 47.4 Å². The Morgan fingerprint density at radius 1 is 1.21 bits per heavy atom. The molecule has 0 aromatic heterocycles. The van der Waals surface area contributed by atoms with Crippen molar-refractivity contribution in [3.05, 3.63) is 53.6 Å². The van der Waals surface area contributed by atoms with Gasteiger partial charge in [-0.2, -0.15) is 0 Å². The molecule has 2 aromatic carbocycles. The summed E-state index contributed by atoms with van der Waals surface area (Å²) in [5, 5.41) is 9.65. The summed E-state index contributed by atoms with van der Waals surface area (Å²) in [5.41, 5.74) is 1.90. The highest BCUT2D eigenvalue weighted by atomic mass is 32.2. The van der Waals surface area contributed by atoms with Crippen molar-refractivity contribution in [3.63, 3.8) is 0 Å². The molecule has 2 aromatic rings. The van der Waals surface area contributed by atoms with Crippen molar-refractivity contribution in [2.45, 2.75) is 44.4 Å². The smallest absolute Gasteiger partial charge is 0.337 e. The number of hydrogen-bond donors (Lipinski definition) is 2. The zero-order valence-corrected chi connectivity index (χ0v) is 17.7. The van der Waals surface area contributed by atoms with Crippen LogP contribution in [0.25, 0.3) is 0 Å². The Bertz CT molecular complexity index is 971. The standard InChI is InChI=1S/C22H28N2O4S/c1-3-5-17-7-10-19(11-8-17)29(27,28)23-21-12-9-18(14-20(21)22(25)26)24-13-4-6-16(2)15-24/h7-12,14,16,23H,3-6,13,15H2,1-2H3,(H,25,26). The van der Waals surface area contributed by atoms with E-state index < -0.39 is 16.0 Å². The highest BCUT2D eigenvalue weighted by Gasteiger charge is 2.22. The van der Waals surface area contributed by atoms with E-state index in [2.05, 4.69) is 23.5 Å². The van der Waals surface area contributed by atoms with Gasteiger partial charge in [0.15, 0.2) is 0 Å². The molecule has 6 nitrogen and oxygen atoms in total. The summed E-state index contributed by atoms with van der Waals surface area (Å²) in [5.74, 6) is -0.612. The van der Waals surface area contributed by atoms with Crippen molar-refractivity contribution in [2.75, 3.05) is 22.7 Å². The Morgan fingerprint density at radius 3 is 2.55 bits per heavy atom. The van der Waals surface area contributed by atoms with E-state index in [1.807, 2.05) is 0 Å². The summed E-state index contributed by atoms with van der Waals surface area (Å²) in [7, 11) is -3.87. The number of benzene rings is 2. The molecule has 3 rings (SSSR count). The van der Waals surface area contributed by atoms with Crippen molar-refractivity contribution in [3.8, 4) is 0 Å². The van der Waals surface area contributed by atoms with Crippen LogP contribution in [0.4, 0.5) is 11.4 Å². The van der Waals surface area contributed by atoms with E-state index in [-0.39, 0.29) is 16.1 Å². The molecule has 1 atom stereocenters. The molecule has 2 N–H and O–H groups in total. The lowest BCUT2D eigenvalue weighted by Gasteiger charge is -2.33. The number of sulfonamides is 1. The number of anilines is 2. The zero-order valence-electron chi connectivity index (χ0n) is 16.9. The normalized spacial score (nSPS) is 17.2. The number of carboxylic acids is 1. The number of aryl methyl sites for hydroxylation is 1. The summed E-state index contributed by atoms with van der Waals surface area (Å²) in [4.78, 5) is 14.1. The van der Waals surface area contributed by atoms with Gasteiger partial charge in [-0.25, -0.2) is 13.2 Å². The Labute approximate surface area is 172 Å². The molecule has 0 amide bonds. The van der Waals surface area contributed by atoms with Gasteiger partial charge in [-0.05, 0) is 61.1 Å². The first-order valence-corrected chi connectivity index (χ1v) is 11.5. The number of nitrogens with one attached hydrogen (secondary N) is 1. The minimum absolute atomic E-state index is 0.0492. The Morgan fingerprint density at radius 2 is 1.93 bits per heavy atom. The molecule has 1 unspecified atom stereocenters. The third kappa shape index (κ3) is 5.09. The maximum Gasteiger partial charge on any atom is 0.337 e. The average Bonchev–Trinajstić information content (AvgIpc) is 2.68. The van der Waals surface area contributed by atoms with Gasteiger partial charge in [0.2, 0.25) is 0 Å². The van der Waals surface area contributed by atoms with E-state index in [9.17, 15) is 18.3 Å². The molecule has 1 aliphatic heterocycles. The number of hydrogen-bond acceptors (Lipinski definition) is 4. The molecule has 29 heavy (non-hydrogen) atoms. The molecule has 0 bridgehead atoms. The fourth-order valence-corrected chi connectivity index (χ4v) is 4.83. The molecule has 0 radical (unpaired) electrons. The van der Waals surface area contributed by atoms with Crippen LogP contribution in [0.2, 0.25) is 0 Å². The van der Waals surface area contributed by atoms with E-state index >= 15 is 0 Å². The van der Waals surface area contributed by atoms with Crippen LogP contribution in [0, 0.1) is 5.92 Å². The minimum atomic E-state index is -3.87. The van der Waals surface area contributed by atoms with Gasteiger partial charge in [0.25, 0.3) is 10.0 Å². The van der Waals surface area contributed by atoms with Crippen LogP contribution in [0.1, 0.15) is 49.0 Å². The van der Waals surface area contributed by atoms with E-state index in [1.54, 1.807) is 42.5 Å². The highest BCUT2D eigenvalue weighted by molar-refractivity contribution is 7.92. The van der Waals surface area contributed by atoms with Crippen molar-refractivity contribution in [2.24, 2.45) is 5.92 Å². The molecule has 156 valence electrons. The van der Waals surface area contributed by atoms with Gasteiger partial charge in [0, 0.05) is 18.8 Å². The summed E-state index contributed by atoms with van der Waals surface area (Å²) in [6.45, 7) is 5.99. The van der Waals surface area contributed by atoms with Gasteiger partial charge in [0.1, 0.15) is 0 Å². The van der Waals surface area contributed by atoms with E-state index in [1.165, 1.54) is 0 Å². The lowest BCUT2D eigenvalue weighted by Crippen LogP contribution is -2.34. The highest BCUT2D eigenvalue weighted by Crippen LogP contribution is 2.29. The predicted octanol–water partition coefficient (Wildman–Crippen LogP) is 4.37. The molecule has 0 spiro atoms. The van der Waals surface area contributed by atoms with Crippen molar-refractivity contribution >= 4 is 27.4 Å². The summed E-state index contributed by atoms with van der Waals surface area (Å²) >= 11 is 0. The number of nitrogens with zero attached hydrogens (tertiary/aromatic N) is 1. The van der Waals surface area contributed by atoms with Crippen LogP contribution in [0.3, 0.4) is 0 Å². The van der Waals surface area contributed by atoms with Crippen molar-refractivity contribution in [1.82, 2.24) is 0 Å². The van der Waals surface area contributed by atoms with Gasteiger partial charge < -0.3 is 10.0 Å². The molecular formula is C22H28N2O4S. The second-order valence-corrected chi connectivity index (χ2v) is 9.41. The second-order valence-electron chi connectivity index (χ2n) is 7.73. The van der Waals surface area contributed by atoms with Crippen LogP contribution < -0.4 is 9.62 Å².